The molecule has 1 aromatic carbocycles. The molecular weight excluding hydrogens is 238 g/mol. The predicted octanol–water partition coefficient (Wildman–Crippen LogP) is 0.938. The van der Waals surface area contributed by atoms with Gasteiger partial charge in [0.2, 0.25) is 0 Å². The van der Waals surface area contributed by atoms with Gasteiger partial charge in [0.25, 0.3) is 0 Å². The van der Waals surface area contributed by atoms with Crippen LogP contribution in [0.3, 0.4) is 0 Å². The fraction of sp³-hybridized carbons (Fsp3) is 0.250. The van der Waals surface area contributed by atoms with Crippen molar-refractivity contribution in [2.75, 3.05) is 0 Å². The first-order valence-electron chi connectivity index (χ1n) is 3.90. The molecule has 68 valence electrons. The van der Waals surface area contributed by atoms with E-state index in [-0.39, 0.29) is 12.4 Å². The largest absolute Gasteiger partial charge is 0.491 e. The molecule has 2 nitrogen and oxygen atoms in total. The van der Waals surface area contributed by atoms with Gasteiger partial charge < -0.3 is 9.68 Å². The summed E-state index contributed by atoms with van der Waals surface area (Å²) < 4.78 is 18.4. The van der Waals surface area contributed by atoms with Crippen molar-refractivity contribution in [1.29, 1.82) is 0 Å². The van der Waals surface area contributed by atoms with E-state index in [1.54, 1.807) is 12.1 Å². The summed E-state index contributed by atoms with van der Waals surface area (Å²) in [5.74, 6) is -0.272. The fourth-order valence-corrected chi connectivity index (χ4v) is 1.85. The highest BCUT2D eigenvalue weighted by molar-refractivity contribution is 9.08. The highest BCUT2D eigenvalue weighted by Gasteiger charge is 2.30. The Kier molecular flexibility index (Phi) is 2.40. The fourth-order valence-electron chi connectivity index (χ4n) is 1.42. The average molecular weight is 245 g/mol. The molecule has 1 aliphatic rings. The molecule has 0 atom stereocenters. The maximum atomic E-state index is 13.5. The molecule has 0 saturated carbocycles. The van der Waals surface area contributed by atoms with E-state index < -0.39 is 7.12 Å². The van der Waals surface area contributed by atoms with Crippen LogP contribution in [0.2, 0.25) is 0 Å². The second-order valence-electron chi connectivity index (χ2n) is 2.90. The van der Waals surface area contributed by atoms with E-state index >= 15 is 0 Å². The van der Waals surface area contributed by atoms with E-state index in [4.69, 9.17) is 4.65 Å². The molecule has 0 fully saturated rings. The van der Waals surface area contributed by atoms with Crippen LogP contribution in [0.5, 0.6) is 0 Å². The molecule has 0 saturated heterocycles. The molecular formula is C8H7BBrFO2. The van der Waals surface area contributed by atoms with Gasteiger partial charge in [-0.1, -0.05) is 28.1 Å². The van der Waals surface area contributed by atoms with E-state index in [2.05, 4.69) is 15.9 Å². The predicted molar refractivity (Wildman–Crippen MR) is 51.4 cm³/mol. The Balaban J connectivity index is 2.54. The first-order chi connectivity index (χ1) is 6.24. The molecule has 0 unspecified atom stereocenters. The third-order valence-corrected chi connectivity index (χ3v) is 2.76. The first-order valence-corrected chi connectivity index (χ1v) is 5.02. The first kappa shape index (κ1) is 9.18. The summed E-state index contributed by atoms with van der Waals surface area (Å²) in [6.07, 6.45) is 0. The molecule has 0 bridgehead atoms. The summed E-state index contributed by atoms with van der Waals surface area (Å²) >= 11 is 3.19. The number of hydrogen-bond acceptors (Lipinski definition) is 2. The quantitative estimate of drug-likeness (QED) is 0.589. The summed E-state index contributed by atoms with van der Waals surface area (Å²) in [7, 11) is -0.964. The average Bonchev–Trinajstić information content (AvgIpc) is 2.50. The molecule has 0 amide bonds. The summed E-state index contributed by atoms with van der Waals surface area (Å²) in [6.45, 7) is 0.156. The molecule has 0 radical (unpaired) electrons. The Morgan fingerprint density at radius 3 is 3.08 bits per heavy atom. The minimum Gasteiger partial charge on any atom is -0.423 e. The van der Waals surface area contributed by atoms with Crippen molar-refractivity contribution < 1.29 is 14.1 Å². The van der Waals surface area contributed by atoms with Gasteiger partial charge in [-0.2, -0.15) is 0 Å². The van der Waals surface area contributed by atoms with Crippen LogP contribution in [0, 0.1) is 5.82 Å². The number of hydrogen-bond donors (Lipinski definition) is 1. The standard InChI is InChI=1S/C8H7BBrFO2/c10-3-5-1-2-7-6(8(5)11)4-13-9(7)12/h1-2,12H,3-4H2. The highest BCUT2D eigenvalue weighted by atomic mass is 79.9. The van der Waals surface area contributed by atoms with Crippen LogP contribution in [0.15, 0.2) is 12.1 Å². The summed E-state index contributed by atoms with van der Waals surface area (Å²) in [5.41, 5.74) is 1.61. The maximum absolute atomic E-state index is 13.5. The van der Waals surface area contributed by atoms with Gasteiger partial charge in [0.05, 0.1) is 6.61 Å². The van der Waals surface area contributed by atoms with Crippen LogP contribution in [0.25, 0.3) is 0 Å². The normalized spacial score (nSPS) is 14.8. The van der Waals surface area contributed by atoms with Gasteiger partial charge in [0.15, 0.2) is 0 Å². The van der Waals surface area contributed by atoms with Crippen LogP contribution in [-0.4, -0.2) is 12.1 Å². The second-order valence-corrected chi connectivity index (χ2v) is 3.46. The molecule has 5 heteroatoms. The van der Waals surface area contributed by atoms with Gasteiger partial charge in [-0.25, -0.2) is 4.39 Å². The van der Waals surface area contributed by atoms with Gasteiger partial charge >= 0.3 is 7.12 Å². The lowest BCUT2D eigenvalue weighted by atomic mass is 9.79. The highest BCUT2D eigenvalue weighted by Crippen LogP contribution is 2.19. The molecule has 1 N–H and O–H groups in total. The van der Waals surface area contributed by atoms with Crippen molar-refractivity contribution in [3.63, 3.8) is 0 Å². The zero-order valence-corrected chi connectivity index (χ0v) is 8.34. The Bertz CT molecular complexity index is 345. The zero-order chi connectivity index (χ0) is 9.42. The van der Waals surface area contributed by atoms with Crippen molar-refractivity contribution in [2.24, 2.45) is 0 Å². The molecule has 1 aromatic rings. The summed E-state index contributed by atoms with van der Waals surface area (Å²) in [4.78, 5) is 0. The third kappa shape index (κ3) is 1.41. The SMILES string of the molecule is OB1OCc2c1ccc(CBr)c2F. The van der Waals surface area contributed by atoms with Crippen LogP contribution in [0.4, 0.5) is 4.39 Å². The van der Waals surface area contributed by atoms with Crippen molar-refractivity contribution in [3.05, 3.63) is 29.1 Å². The van der Waals surface area contributed by atoms with E-state index in [0.717, 1.165) is 0 Å². The number of fused-ring (bicyclic) bond motifs is 1. The van der Waals surface area contributed by atoms with Crippen LogP contribution in [0.1, 0.15) is 11.1 Å². The van der Waals surface area contributed by atoms with Crippen molar-refractivity contribution in [3.8, 4) is 0 Å². The minimum atomic E-state index is -0.964. The van der Waals surface area contributed by atoms with Gasteiger partial charge in [-0.05, 0) is 11.0 Å². The van der Waals surface area contributed by atoms with Crippen LogP contribution < -0.4 is 5.46 Å². The zero-order valence-electron chi connectivity index (χ0n) is 6.76. The van der Waals surface area contributed by atoms with Gasteiger partial charge in [0.1, 0.15) is 5.82 Å². The Morgan fingerprint density at radius 2 is 2.38 bits per heavy atom. The molecule has 13 heavy (non-hydrogen) atoms. The Hall–Kier alpha value is -0.385. The lowest BCUT2D eigenvalue weighted by Gasteiger charge is -2.03. The lowest BCUT2D eigenvalue weighted by molar-refractivity contribution is 0.272. The van der Waals surface area contributed by atoms with Crippen molar-refractivity contribution in [2.45, 2.75) is 11.9 Å². The van der Waals surface area contributed by atoms with Crippen LogP contribution >= 0.6 is 15.9 Å². The second kappa shape index (κ2) is 3.40. The smallest absolute Gasteiger partial charge is 0.423 e. The van der Waals surface area contributed by atoms with E-state index in [1.165, 1.54) is 0 Å². The molecule has 0 aromatic heterocycles. The Morgan fingerprint density at radius 1 is 1.62 bits per heavy atom. The minimum absolute atomic E-state index is 0.156. The van der Waals surface area contributed by atoms with Crippen molar-refractivity contribution >= 4 is 28.5 Å². The summed E-state index contributed by atoms with van der Waals surface area (Å²) in [6, 6.07) is 3.35. The van der Waals surface area contributed by atoms with E-state index in [0.29, 0.717) is 21.9 Å². The molecule has 0 aliphatic carbocycles. The van der Waals surface area contributed by atoms with Gasteiger partial charge in [-0.3, -0.25) is 0 Å². The van der Waals surface area contributed by atoms with Crippen LogP contribution in [-0.2, 0) is 16.6 Å². The lowest BCUT2D eigenvalue weighted by Crippen LogP contribution is -2.28. The third-order valence-electron chi connectivity index (χ3n) is 2.15. The molecule has 0 spiro atoms. The number of alkyl halides is 1. The molecule has 2 rings (SSSR count). The monoisotopic (exact) mass is 244 g/mol. The molecule has 1 aliphatic heterocycles. The molecule has 1 heterocycles. The maximum Gasteiger partial charge on any atom is 0.491 e. The van der Waals surface area contributed by atoms with E-state index in [1.807, 2.05) is 0 Å². The topological polar surface area (TPSA) is 29.5 Å². The number of halogens is 2. The number of rotatable bonds is 1. The van der Waals surface area contributed by atoms with Crippen molar-refractivity contribution in [1.82, 2.24) is 0 Å². The van der Waals surface area contributed by atoms with Gasteiger partial charge in [-0.15, -0.1) is 0 Å². The summed E-state index contributed by atoms with van der Waals surface area (Å²) in [5, 5.41) is 9.74. The van der Waals surface area contributed by atoms with E-state index in [9.17, 15) is 9.41 Å². The van der Waals surface area contributed by atoms with Gasteiger partial charge in [0, 0.05) is 10.9 Å². The number of benzene rings is 1. The Labute approximate surface area is 84.0 Å².